The van der Waals surface area contributed by atoms with E-state index in [2.05, 4.69) is 76.9 Å². The molecule has 0 amide bonds. The Hall–Kier alpha value is -0.0300. The SMILES string of the molecule is CC(C)(C)NCc1ccc(CN2CCSCC2)c(Br)c1. The lowest BCUT2D eigenvalue weighted by Gasteiger charge is -2.26. The van der Waals surface area contributed by atoms with Gasteiger partial charge in [0, 0.05) is 47.7 Å². The molecule has 2 rings (SSSR count). The predicted octanol–water partition coefficient (Wildman–Crippen LogP) is 3.89. The van der Waals surface area contributed by atoms with Crippen molar-refractivity contribution < 1.29 is 0 Å². The highest BCUT2D eigenvalue weighted by molar-refractivity contribution is 9.10. The van der Waals surface area contributed by atoms with Crippen molar-refractivity contribution in [3.63, 3.8) is 0 Å². The van der Waals surface area contributed by atoms with Crippen LogP contribution in [-0.4, -0.2) is 35.0 Å². The number of rotatable bonds is 4. The number of benzene rings is 1. The number of hydrogen-bond donors (Lipinski definition) is 1. The van der Waals surface area contributed by atoms with Gasteiger partial charge in [0.2, 0.25) is 0 Å². The van der Waals surface area contributed by atoms with Gasteiger partial charge in [0.15, 0.2) is 0 Å². The van der Waals surface area contributed by atoms with E-state index in [9.17, 15) is 0 Å². The van der Waals surface area contributed by atoms with Gasteiger partial charge in [0.05, 0.1) is 0 Å². The van der Waals surface area contributed by atoms with Crippen LogP contribution in [0, 0.1) is 0 Å². The molecule has 1 saturated heterocycles. The van der Waals surface area contributed by atoms with Crippen molar-refractivity contribution in [1.29, 1.82) is 0 Å². The third kappa shape index (κ3) is 5.40. The Morgan fingerprint density at radius 3 is 2.55 bits per heavy atom. The molecule has 1 aliphatic heterocycles. The Morgan fingerprint density at radius 1 is 1.25 bits per heavy atom. The molecule has 4 heteroatoms. The summed E-state index contributed by atoms with van der Waals surface area (Å²) in [6.07, 6.45) is 0. The Morgan fingerprint density at radius 2 is 1.95 bits per heavy atom. The second kappa shape index (κ2) is 7.30. The van der Waals surface area contributed by atoms with E-state index in [1.54, 1.807) is 0 Å². The summed E-state index contributed by atoms with van der Waals surface area (Å²) >= 11 is 5.80. The van der Waals surface area contributed by atoms with E-state index >= 15 is 0 Å². The normalized spacial score (nSPS) is 17.4. The van der Waals surface area contributed by atoms with Crippen LogP contribution in [0.3, 0.4) is 0 Å². The standard InChI is InChI=1S/C16H25BrN2S/c1-16(2,3)18-11-13-4-5-14(15(17)10-13)12-19-6-8-20-9-7-19/h4-5,10,18H,6-9,11-12H2,1-3H3. The third-order valence-corrected chi connectivity index (χ3v) is 5.12. The summed E-state index contributed by atoms with van der Waals surface area (Å²) in [7, 11) is 0. The lowest BCUT2D eigenvalue weighted by Crippen LogP contribution is -2.35. The summed E-state index contributed by atoms with van der Waals surface area (Å²) in [5.41, 5.74) is 2.90. The fourth-order valence-electron chi connectivity index (χ4n) is 2.20. The van der Waals surface area contributed by atoms with Crippen LogP contribution in [0.4, 0.5) is 0 Å². The van der Waals surface area contributed by atoms with Crippen molar-refractivity contribution in [2.45, 2.75) is 39.4 Å². The minimum atomic E-state index is 0.163. The fourth-order valence-corrected chi connectivity index (χ4v) is 3.73. The van der Waals surface area contributed by atoms with Crippen LogP contribution in [0.1, 0.15) is 31.9 Å². The average molecular weight is 357 g/mol. The molecular weight excluding hydrogens is 332 g/mol. The second-order valence-electron chi connectivity index (χ2n) is 6.42. The van der Waals surface area contributed by atoms with E-state index in [0.29, 0.717) is 0 Å². The zero-order valence-electron chi connectivity index (χ0n) is 12.7. The van der Waals surface area contributed by atoms with Crippen LogP contribution in [0.5, 0.6) is 0 Å². The van der Waals surface area contributed by atoms with Crippen molar-refractivity contribution in [3.8, 4) is 0 Å². The smallest absolute Gasteiger partial charge is 0.0245 e. The number of hydrogen-bond acceptors (Lipinski definition) is 3. The molecule has 112 valence electrons. The number of nitrogens with zero attached hydrogens (tertiary/aromatic N) is 1. The molecule has 2 nitrogen and oxygen atoms in total. The van der Waals surface area contributed by atoms with E-state index in [1.807, 2.05) is 0 Å². The molecule has 1 aromatic rings. The molecular formula is C16H25BrN2S. The van der Waals surface area contributed by atoms with Crippen molar-refractivity contribution in [2.24, 2.45) is 0 Å². The van der Waals surface area contributed by atoms with Crippen molar-refractivity contribution in [3.05, 3.63) is 33.8 Å². The van der Waals surface area contributed by atoms with Gasteiger partial charge in [0.1, 0.15) is 0 Å². The maximum Gasteiger partial charge on any atom is 0.0245 e. The topological polar surface area (TPSA) is 15.3 Å². The molecule has 1 fully saturated rings. The zero-order chi connectivity index (χ0) is 14.6. The van der Waals surface area contributed by atoms with Gasteiger partial charge < -0.3 is 5.32 Å². The van der Waals surface area contributed by atoms with Gasteiger partial charge in [-0.2, -0.15) is 11.8 Å². The van der Waals surface area contributed by atoms with E-state index in [0.717, 1.165) is 13.1 Å². The summed E-state index contributed by atoms with van der Waals surface area (Å²) < 4.78 is 1.24. The Bertz CT molecular complexity index is 437. The average Bonchev–Trinajstić information content (AvgIpc) is 2.40. The Kier molecular flexibility index (Phi) is 5.96. The van der Waals surface area contributed by atoms with E-state index < -0.39 is 0 Å². The predicted molar refractivity (Wildman–Crippen MR) is 93.3 cm³/mol. The maximum absolute atomic E-state index is 3.73. The first kappa shape index (κ1) is 16.3. The van der Waals surface area contributed by atoms with Gasteiger partial charge in [-0.25, -0.2) is 0 Å². The molecule has 0 aromatic heterocycles. The Balaban J connectivity index is 1.94. The van der Waals surface area contributed by atoms with Crippen molar-refractivity contribution in [1.82, 2.24) is 10.2 Å². The van der Waals surface area contributed by atoms with E-state index in [4.69, 9.17) is 0 Å². The molecule has 0 radical (unpaired) electrons. The monoisotopic (exact) mass is 356 g/mol. The molecule has 0 atom stereocenters. The van der Waals surface area contributed by atoms with Crippen LogP contribution in [0.25, 0.3) is 0 Å². The summed E-state index contributed by atoms with van der Waals surface area (Å²) in [6, 6.07) is 6.77. The highest BCUT2D eigenvalue weighted by atomic mass is 79.9. The molecule has 1 aromatic carbocycles. The van der Waals surface area contributed by atoms with Crippen LogP contribution in [-0.2, 0) is 13.1 Å². The lowest BCUT2D eigenvalue weighted by atomic mass is 10.1. The molecule has 0 aliphatic carbocycles. The summed E-state index contributed by atoms with van der Waals surface area (Å²) in [5, 5.41) is 3.53. The third-order valence-electron chi connectivity index (χ3n) is 3.44. The van der Waals surface area contributed by atoms with Crippen molar-refractivity contribution >= 4 is 27.7 Å². The molecule has 20 heavy (non-hydrogen) atoms. The molecule has 0 unspecified atom stereocenters. The zero-order valence-corrected chi connectivity index (χ0v) is 15.1. The first-order valence-corrected chi connectivity index (χ1v) is 9.21. The largest absolute Gasteiger partial charge is 0.308 e. The van der Waals surface area contributed by atoms with Gasteiger partial charge in [-0.15, -0.1) is 0 Å². The molecule has 1 aliphatic rings. The fraction of sp³-hybridized carbons (Fsp3) is 0.625. The van der Waals surface area contributed by atoms with E-state index in [1.165, 1.54) is 40.2 Å². The molecule has 0 spiro atoms. The van der Waals surface area contributed by atoms with Gasteiger partial charge in [-0.1, -0.05) is 28.1 Å². The number of thioether (sulfide) groups is 1. The lowest BCUT2D eigenvalue weighted by molar-refractivity contribution is 0.294. The van der Waals surface area contributed by atoms with Gasteiger partial charge in [-0.3, -0.25) is 4.90 Å². The quantitative estimate of drug-likeness (QED) is 0.880. The van der Waals surface area contributed by atoms with Gasteiger partial charge in [-0.05, 0) is 38.0 Å². The first-order valence-electron chi connectivity index (χ1n) is 7.26. The van der Waals surface area contributed by atoms with Crippen LogP contribution >= 0.6 is 27.7 Å². The molecule has 1 N–H and O–H groups in total. The number of nitrogens with one attached hydrogen (secondary N) is 1. The minimum absolute atomic E-state index is 0.163. The van der Waals surface area contributed by atoms with Gasteiger partial charge >= 0.3 is 0 Å². The molecule has 1 heterocycles. The van der Waals surface area contributed by atoms with Crippen LogP contribution in [0.2, 0.25) is 0 Å². The highest BCUT2D eigenvalue weighted by Crippen LogP contribution is 2.22. The maximum atomic E-state index is 3.73. The number of halogens is 1. The Labute approximate surface area is 135 Å². The molecule has 0 bridgehead atoms. The van der Waals surface area contributed by atoms with Gasteiger partial charge in [0.25, 0.3) is 0 Å². The summed E-state index contributed by atoms with van der Waals surface area (Å²) in [5.74, 6) is 2.54. The van der Waals surface area contributed by atoms with Crippen LogP contribution < -0.4 is 5.32 Å². The van der Waals surface area contributed by atoms with Crippen molar-refractivity contribution in [2.75, 3.05) is 24.6 Å². The molecule has 0 saturated carbocycles. The summed E-state index contributed by atoms with van der Waals surface area (Å²) in [4.78, 5) is 2.55. The first-order chi connectivity index (χ1) is 9.44. The van der Waals surface area contributed by atoms with E-state index in [-0.39, 0.29) is 5.54 Å². The highest BCUT2D eigenvalue weighted by Gasteiger charge is 2.13. The minimum Gasteiger partial charge on any atom is -0.308 e. The summed E-state index contributed by atoms with van der Waals surface area (Å²) in [6.45, 7) is 11.0. The second-order valence-corrected chi connectivity index (χ2v) is 8.50. The van der Waals surface area contributed by atoms with Crippen LogP contribution in [0.15, 0.2) is 22.7 Å².